The molecule has 0 bridgehead atoms. The summed E-state index contributed by atoms with van der Waals surface area (Å²) in [7, 11) is 0. The Kier molecular flexibility index (Phi) is 29.6. The molecular weight excluding hydrogens is 320 g/mol. The lowest BCUT2D eigenvalue weighted by atomic mass is 10.3. The van der Waals surface area contributed by atoms with Gasteiger partial charge in [0.2, 0.25) is 0 Å². The molecule has 0 rings (SSSR count). The average Bonchev–Trinajstić information content (AvgIpc) is 2.56. The van der Waals surface area contributed by atoms with Crippen LogP contribution in [-0.4, -0.2) is 35.4 Å². The summed E-state index contributed by atoms with van der Waals surface area (Å²) in [5.74, 6) is -1.15. The molecule has 144 valence electrons. The summed E-state index contributed by atoms with van der Waals surface area (Å²) in [6.07, 6.45) is 17.5. The van der Waals surface area contributed by atoms with Gasteiger partial charge in [0.1, 0.15) is 0 Å². The zero-order valence-electron chi connectivity index (χ0n) is 16.0. The summed E-state index contributed by atoms with van der Waals surface area (Å²) in [6, 6.07) is 0. The smallest absolute Gasteiger partial charge is 0.330 e. The van der Waals surface area contributed by atoms with Crippen molar-refractivity contribution in [3.63, 3.8) is 0 Å². The van der Waals surface area contributed by atoms with E-state index in [-0.39, 0.29) is 12.6 Å². The molecule has 0 heterocycles. The maximum Gasteiger partial charge on any atom is 0.330 e. The summed E-state index contributed by atoms with van der Waals surface area (Å²) >= 11 is 0. The fourth-order valence-electron chi connectivity index (χ4n) is 1.20. The molecule has 0 amide bonds. The van der Waals surface area contributed by atoms with Crippen molar-refractivity contribution in [3.05, 3.63) is 48.6 Å². The molecule has 0 saturated carbocycles. The lowest BCUT2D eigenvalue weighted by molar-refractivity contribution is -0.137. The van der Waals surface area contributed by atoms with Crippen LogP contribution in [0, 0.1) is 0 Å². The number of carbonyl (C=O) groups excluding carboxylic acids is 1. The van der Waals surface area contributed by atoms with Crippen LogP contribution >= 0.6 is 0 Å². The molecule has 0 aromatic carbocycles. The number of carboxylic acid groups (broad SMARTS) is 1. The molecule has 0 aromatic heterocycles. The molecule has 0 aliphatic heterocycles. The number of rotatable bonds is 9. The van der Waals surface area contributed by atoms with E-state index in [1.165, 1.54) is 12.2 Å². The predicted molar refractivity (Wildman–Crippen MR) is 103 cm³/mol. The van der Waals surface area contributed by atoms with E-state index < -0.39 is 5.97 Å². The molecule has 0 unspecified atom stereocenters. The summed E-state index contributed by atoms with van der Waals surface area (Å²) in [5.41, 5.74) is 0. The predicted octanol–water partition coefficient (Wildman–Crippen LogP) is 4.44. The molecule has 5 heteroatoms. The van der Waals surface area contributed by atoms with Gasteiger partial charge in [0.25, 0.3) is 0 Å². The summed E-state index contributed by atoms with van der Waals surface area (Å²) < 4.78 is 4.85. The van der Waals surface area contributed by atoms with Gasteiger partial charge in [0, 0.05) is 18.8 Å². The molecule has 0 spiro atoms. The number of esters is 1. The highest BCUT2D eigenvalue weighted by atomic mass is 16.5. The monoisotopic (exact) mass is 354 g/mol. The van der Waals surface area contributed by atoms with Crippen LogP contribution in [0.5, 0.6) is 0 Å². The molecule has 0 saturated heterocycles. The maximum absolute atomic E-state index is 10.7. The van der Waals surface area contributed by atoms with E-state index in [0.717, 1.165) is 31.8 Å². The lowest BCUT2D eigenvalue weighted by Gasteiger charge is -1.96. The Morgan fingerprint density at radius 2 is 1.40 bits per heavy atom. The van der Waals surface area contributed by atoms with Crippen molar-refractivity contribution < 1.29 is 24.5 Å². The van der Waals surface area contributed by atoms with Crippen molar-refractivity contribution in [2.75, 3.05) is 13.2 Å². The van der Waals surface area contributed by atoms with Gasteiger partial charge in [-0.1, -0.05) is 50.3 Å². The Morgan fingerprint density at radius 1 is 0.880 bits per heavy atom. The first-order valence-corrected chi connectivity index (χ1v) is 8.55. The highest BCUT2D eigenvalue weighted by molar-refractivity contribution is 5.81. The first-order chi connectivity index (χ1) is 12.0. The van der Waals surface area contributed by atoms with Gasteiger partial charge in [0.15, 0.2) is 0 Å². The van der Waals surface area contributed by atoms with Gasteiger partial charge in [-0.15, -0.1) is 0 Å². The molecule has 0 aliphatic carbocycles. The van der Waals surface area contributed by atoms with Crippen LogP contribution in [0.2, 0.25) is 0 Å². The van der Waals surface area contributed by atoms with Crippen molar-refractivity contribution in [2.24, 2.45) is 0 Å². The van der Waals surface area contributed by atoms with Gasteiger partial charge < -0.3 is 14.9 Å². The number of allylic oxidation sites excluding steroid dienone is 4. The van der Waals surface area contributed by atoms with Crippen LogP contribution in [-0.2, 0) is 14.3 Å². The number of carbonyl (C=O) groups is 2. The van der Waals surface area contributed by atoms with Crippen molar-refractivity contribution in [1.29, 1.82) is 0 Å². The summed E-state index contributed by atoms with van der Waals surface area (Å²) in [5, 5.41) is 16.1. The summed E-state index contributed by atoms with van der Waals surface area (Å²) in [6.45, 7) is 8.35. The van der Waals surface area contributed by atoms with Gasteiger partial charge in [-0.25, -0.2) is 9.59 Å². The molecule has 2 N–H and O–H groups in total. The molecule has 25 heavy (non-hydrogen) atoms. The Hall–Kier alpha value is -2.14. The number of hydrogen-bond acceptors (Lipinski definition) is 4. The lowest BCUT2D eigenvalue weighted by Crippen LogP contribution is -2.00. The highest BCUT2D eigenvalue weighted by Crippen LogP contribution is 1.89. The van der Waals surface area contributed by atoms with E-state index in [2.05, 4.69) is 26.0 Å². The van der Waals surface area contributed by atoms with Crippen molar-refractivity contribution in [1.82, 2.24) is 0 Å². The Morgan fingerprint density at radius 3 is 1.76 bits per heavy atom. The normalized spacial score (nSPS) is 10.6. The number of aliphatic hydroxyl groups is 1. The second-order valence-electron chi connectivity index (χ2n) is 4.57. The largest absolute Gasteiger partial charge is 0.478 e. The number of aliphatic carboxylic acids is 1. The Labute approximate surface area is 152 Å². The van der Waals surface area contributed by atoms with E-state index >= 15 is 0 Å². The van der Waals surface area contributed by atoms with Gasteiger partial charge in [-0.2, -0.15) is 0 Å². The fourth-order valence-corrected chi connectivity index (χ4v) is 1.20. The van der Waals surface area contributed by atoms with E-state index in [4.69, 9.17) is 14.9 Å². The number of hydrogen-bond donors (Lipinski definition) is 2. The van der Waals surface area contributed by atoms with Crippen molar-refractivity contribution in [2.45, 2.75) is 53.4 Å². The zero-order chi connectivity index (χ0) is 19.8. The second-order valence-corrected chi connectivity index (χ2v) is 4.57. The third-order valence-electron chi connectivity index (χ3n) is 2.24. The van der Waals surface area contributed by atoms with Crippen LogP contribution in [0.15, 0.2) is 48.6 Å². The van der Waals surface area contributed by atoms with Crippen LogP contribution in [0.3, 0.4) is 0 Å². The third-order valence-corrected chi connectivity index (χ3v) is 2.24. The second kappa shape index (κ2) is 26.7. The molecule has 0 atom stereocenters. The summed E-state index contributed by atoms with van der Waals surface area (Å²) in [4.78, 5) is 20.3. The SMILES string of the molecule is C/C=C/C(=O)O.C/C=C/C(=O)OCC/C=C\CC.CC/C=C\CCO. The van der Waals surface area contributed by atoms with Gasteiger partial charge in [-0.3, -0.25) is 0 Å². The van der Waals surface area contributed by atoms with E-state index in [1.54, 1.807) is 19.9 Å². The van der Waals surface area contributed by atoms with Crippen molar-refractivity contribution in [3.8, 4) is 0 Å². The quantitative estimate of drug-likeness (QED) is 0.277. The minimum absolute atomic E-state index is 0.262. The topological polar surface area (TPSA) is 83.8 Å². The van der Waals surface area contributed by atoms with E-state index in [0.29, 0.717) is 6.61 Å². The first kappa shape index (κ1) is 27.7. The highest BCUT2D eigenvalue weighted by Gasteiger charge is 1.92. The fraction of sp³-hybridized carbons (Fsp3) is 0.500. The van der Waals surface area contributed by atoms with Crippen LogP contribution in [0.1, 0.15) is 53.4 Å². The van der Waals surface area contributed by atoms with Gasteiger partial charge in [0.05, 0.1) is 6.61 Å². The molecule has 0 fully saturated rings. The third kappa shape index (κ3) is 39.0. The first-order valence-electron chi connectivity index (χ1n) is 8.55. The molecule has 5 nitrogen and oxygen atoms in total. The molecule has 0 aromatic rings. The number of ether oxygens (including phenoxy) is 1. The van der Waals surface area contributed by atoms with Crippen LogP contribution in [0.4, 0.5) is 0 Å². The van der Waals surface area contributed by atoms with Crippen LogP contribution in [0.25, 0.3) is 0 Å². The Bertz CT molecular complexity index is 406. The maximum atomic E-state index is 10.7. The zero-order valence-corrected chi connectivity index (χ0v) is 16.0. The standard InChI is InChI=1S/C10H16O2.C6H12O.C4H6O2/c1-3-5-6-7-9-12-10(11)8-4-2;1-2-3-4-5-6-7;1-2-3-4(5)6/h4-6,8H,3,7,9H2,1-2H3;3-4,7H,2,5-6H2,1H3;2-3H,1H3,(H,5,6)/b6-5-,8-4+;4-3-;3-2+. The van der Waals surface area contributed by atoms with Crippen LogP contribution < -0.4 is 0 Å². The molecular formula is C20H34O5. The van der Waals surface area contributed by atoms with Gasteiger partial charge in [-0.05, 0) is 39.5 Å². The molecule has 0 radical (unpaired) electrons. The minimum atomic E-state index is -0.891. The number of carboxylic acids is 1. The van der Waals surface area contributed by atoms with E-state index in [1.807, 2.05) is 12.2 Å². The molecule has 0 aliphatic rings. The minimum Gasteiger partial charge on any atom is -0.478 e. The van der Waals surface area contributed by atoms with E-state index in [9.17, 15) is 9.59 Å². The van der Waals surface area contributed by atoms with Gasteiger partial charge >= 0.3 is 11.9 Å². The van der Waals surface area contributed by atoms with Crippen molar-refractivity contribution >= 4 is 11.9 Å². The average molecular weight is 354 g/mol. The number of aliphatic hydroxyl groups excluding tert-OH is 1. The Balaban J connectivity index is -0.000000317.